The Hall–Kier alpha value is -1.15. The molecule has 1 amide bonds. The van der Waals surface area contributed by atoms with E-state index >= 15 is 0 Å². The molecule has 8 heteroatoms. The van der Waals surface area contributed by atoms with E-state index in [9.17, 15) is 13.2 Å². The number of amides is 1. The van der Waals surface area contributed by atoms with Crippen molar-refractivity contribution >= 4 is 27.5 Å². The third-order valence-corrected chi connectivity index (χ3v) is 8.25. The molecule has 0 saturated carbocycles. The fourth-order valence-electron chi connectivity index (χ4n) is 4.29. The van der Waals surface area contributed by atoms with E-state index in [2.05, 4.69) is 19.2 Å². The molecule has 0 aliphatic carbocycles. The van der Waals surface area contributed by atoms with Gasteiger partial charge in [-0.05, 0) is 56.4 Å². The SMILES string of the molecule is CCC(C)N1C(=O)C(C(C)C)NC12CCN(S(=O)(=O)c1ccc(Cl)cc1)CC2. The van der Waals surface area contributed by atoms with Crippen LogP contribution in [0.1, 0.15) is 47.0 Å². The van der Waals surface area contributed by atoms with Crippen molar-refractivity contribution in [3.8, 4) is 0 Å². The molecule has 1 N–H and O–H groups in total. The molecule has 2 atom stereocenters. The molecule has 2 unspecified atom stereocenters. The number of sulfonamides is 1. The first-order valence-electron chi connectivity index (χ1n) is 9.99. The van der Waals surface area contributed by atoms with E-state index in [0.717, 1.165) is 6.42 Å². The molecule has 2 heterocycles. The van der Waals surface area contributed by atoms with Crippen LogP contribution in [-0.4, -0.2) is 54.4 Å². The van der Waals surface area contributed by atoms with Gasteiger partial charge in [-0.3, -0.25) is 10.1 Å². The smallest absolute Gasteiger partial charge is 0.243 e. The van der Waals surface area contributed by atoms with Crippen LogP contribution in [-0.2, 0) is 14.8 Å². The summed E-state index contributed by atoms with van der Waals surface area (Å²) in [5.74, 6) is 0.326. The molecule has 28 heavy (non-hydrogen) atoms. The number of carbonyl (C=O) groups is 1. The van der Waals surface area contributed by atoms with Crippen LogP contribution < -0.4 is 5.32 Å². The molecule has 0 radical (unpaired) electrons. The summed E-state index contributed by atoms with van der Waals surface area (Å²) in [5, 5.41) is 4.09. The highest BCUT2D eigenvalue weighted by Gasteiger charge is 2.54. The lowest BCUT2D eigenvalue weighted by Crippen LogP contribution is -2.61. The highest BCUT2D eigenvalue weighted by atomic mass is 35.5. The number of hydrogen-bond acceptors (Lipinski definition) is 4. The van der Waals surface area contributed by atoms with Gasteiger partial charge in [0, 0.05) is 24.2 Å². The summed E-state index contributed by atoms with van der Waals surface area (Å²) in [5.41, 5.74) is -0.465. The quantitative estimate of drug-likeness (QED) is 0.783. The van der Waals surface area contributed by atoms with E-state index in [0.29, 0.717) is 31.0 Å². The second-order valence-electron chi connectivity index (χ2n) is 8.22. The Morgan fingerprint density at radius 2 is 1.75 bits per heavy atom. The summed E-state index contributed by atoms with van der Waals surface area (Å²) in [6.45, 7) is 8.99. The summed E-state index contributed by atoms with van der Waals surface area (Å²) in [7, 11) is -3.57. The van der Waals surface area contributed by atoms with Crippen molar-refractivity contribution < 1.29 is 13.2 Å². The van der Waals surface area contributed by atoms with Crippen molar-refractivity contribution in [2.45, 2.75) is 69.6 Å². The fourth-order valence-corrected chi connectivity index (χ4v) is 5.86. The Morgan fingerprint density at radius 1 is 1.18 bits per heavy atom. The van der Waals surface area contributed by atoms with Gasteiger partial charge >= 0.3 is 0 Å². The highest BCUT2D eigenvalue weighted by Crippen LogP contribution is 2.37. The van der Waals surface area contributed by atoms with Crippen molar-refractivity contribution in [3.63, 3.8) is 0 Å². The fraction of sp³-hybridized carbons (Fsp3) is 0.650. The summed E-state index contributed by atoms with van der Waals surface area (Å²) in [6, 6.07) is 6.17. The third-order valence-electron chi connectivity index (χ3n) is 6.09. The van der Waals surface area contributed by atoms with Gasteiger partial charge in [0.15, 0.2) is 0 Å². The lowest BCUT2D eigenvalue weighted by Gasteiger charge is -2.46. The van der Waals surface area contributed by atoms with Gasteiger partial charge in [-0.2, -0.15) is 4.31 Å². The van der Waals surface area contributed by atoms with Crippen LogP contribution in [0.25, 0.3) is 0 Å². The molecule has 6 nitrogen and oxygen atoms in total. The van der Waals surface area contributed by atoms with Crippen molar-refractivity contribution in [2.75, 3.05) is 13.1 Å². The van der Waals surface area contributed by atoms with E-state index in [-0.39, 0.29) is 28.8 Å². The van der Waals surface area contributed by atoms with E-state index in [1.165, 1.54) is 4.31 Å². The minimum Gasteiger partial charge on any atom is -0.320 e. The normalized spacial score (nSPS) is 24.3. The molecular formula is C20H30ClN3O3S. The number of benzene rings is 1. The van der Waals surface area contributed by atoms with Crippen LogP contribution in [0.5, 0.6) is 0 Å². The zero-order valence-corrected chi connectivity index (χ0v) is 18.6. The zero-order chi connectivity index (χ0) is 20.7. The van der Waals surface area contributed by atoms with Crippen molar-refractivity contribution in [3.05, 3.63) is 29.3 Å². The number of hydrogen-bond donors (Lipinski definition) is 1. The van der Waals surface area contributed by atoms with Gasteiger partial charge in [0.05, 0.1) is 16.6 Å². The van der Waals surface area contributed by atoms with Gasteiger partial charge < -0.3 is 4.90 Å². The third kappa shape index (κ3) is 3.70. The second-order valence-corrected chi connectivity index (χ2v) is 10.6. The van der Waals surface area contributed by atoms with Crippen LogP contribution in [0.2, 0.25) is 5.02 Å². The minimum absolute atomic E-state index is 0.114. The Bertz CT molecular complexity index is 818. The predicted octanol–water partition coefficient (Wildman–Crippen LogP) is 3.08. The number of nitrogens with one attached hydrogen (secondary N) is 1. The maximum Gasteiger partial charge on any atom is 0.243 e. The molecular weight excluding hydrogens is 398 g/mol. The van der Waals surface area contributed by atoms with Gasteiger partial charge in [0.2, 0.25) is 15.9 Å². The van der Waals surface area contributed by atoms with Crippen molar-refractivity contribution in [1.82, 2.24) is 14.5 Å². The molecule has 1 aromatic carbocycles. The molecule has 2 fully saturated rings. The largest absolute Gasteiger partial charge is 0.320 e. The summed E-state index contributed by atoms with van der Waals surface area (Å²) >= 11 is 5.89. The zero-order valence-electron chi connectivity index (χ0n) is 17.0. The number of rotatable bonds is 5. The van der Waals surface area contributed by atoms with Crippen LogP contribution in [0, 0.1) is 5.92 Å². The van der Waals surface area contributed by atoms with Gasteiger partial charge in [-0.15, -0.1) is 0 Å². The Morgan fingerprint density at radius 3 is 2.25 bits per heavy atom. The van der Waals surface area contributed by atoms with E-state index < -0.39 is 15.7 Å². The molecule has 1 spiro atoms. The van der Waals surface area contributed by atoms with Crippen LogP contribution in [0.15, 0.2) is 29.2 Å². The molecule has 2 aliphatic heterocycles. The molecule has 0 bridgehead atoms. The number of halogens is 1. The van der Waals surface area contributed by atoms with Gasteiger partial charge in [0.25, 0.3) is 0 Å². The topological polar surface area (TPSA) is 69.7 Å². The van der Waals surface area contributed by atoms with Crippen LogP contribution in [0.3, 0.4) is 0 Å². The maximum atomic E-state index is 13.1. The Balaban J connectivity index is 1.82. The van der Waals surface area contributed by atoms with Gasteiger partial charge in [-0.1, -0.05) is 32.4 Å². The molecule has 2 aliphatic rings. The minimum atomic E-state index is -3.57. The van der Waals surface area contributed by atoms with Crippen LogP contribution in [0.4, 0.5) is 0 Å². The monoisotopic (exact) mass is 427 g/mol. The standard InChI is InChI=1S/C20H30ClN3O3S/c1-5-15(4)24-19(25)18(14(2)3)22-20(24)10-12-23(13-11-20)28(26,27)17-8-6-16(21)7-9-17/h6-9,14-15,18,22H,5,10-13H2,1-4H3. The molecule has 3 rings (SSSR count). The first-order valence-corrected chi connectivity index (χ1v) is 11.8. The molecule has 0 aromatic heterocycles. The number of piperidine rings is 1. The van der Waals surface area contributed by atoms with Crippen molar-refractivity contribution in [1.29, 1.82) is 0 Å². The predicted molar refractivity (Wildman–Crippen MR) is 111 cm³/mol. The maximum absolute atomic E-state index is 13.1. The summed E-state index contributed by atoms with van der Waals surface area (Å²) in [6.07, 6.45) is 2.03. The van der Waals surface area contributed by atoms with Crippen LogP contribution >= 0.6 is 11.6 Å². The average Bonchev–Trinajstić information content (AvgIpc) is 2.94. The van der Waals surface area contributed by atoms with Gasteiger partial charge in [0.1, 0.15) is 0 Å². The Kier molecular flexibility index (Phi) is 6.11. The van der Waals surface area contributed by atoms with Crippen molar-refractivity contribution in [2.24, 2.45) is 5.92 Å². The van der Waals surface area contributed by atoms with Gasteiger partial charge in [-0.25, -0.2) is 8.42 Å². The van der Waals surface area contributed by atoms with E-state index in [1.54, 1.807) is 24.3 Å². The highest BCUT2D eigenvalue weighted by molar-refractivity contribution is 7.89. The second kappa shape index (κ2) is 7.94. The lowest BCUT2D eigenvalue weighted by molar-refractivity contribution is -0.136. The average molecular weight is 428 g/mol. The Labute approximate surface area is 173 Å². The first kappa shape index (κ1) is 21.6. The molecule has 156 valence electrons. The van der Waals surface area contributed by atoms with E-state index in [1.807, 2.05) is 18.7 Å². The summed E-state index contributed by atoms with van der Waals surface area (Å²) < 4.78 is 27.5. The first-order chi connectivity index (χ1) is 13.1. The molecule has 1 aromatic rings. The summed E-state index contributed by atoms with van der Waals surface area (Å²) in [4.78, 5) is 15.3. The molecule has 2 saturated heterocycles. The van der Waals surface area contributed by atoms with E-state index in [4.69, 9.17) is 11.6 Å². The number of carbonyl (C=O) groups excluding carboxylic acids is 1. The lowest BCUT2D eigenvalue weighted by atomic mass is 9.95. The number of nitrogens with zero attached hydrogens (tertiary/aromatic N) is 2.